The highest BCUT2D eigenvalue weighted by molar-refractivity contribution is 6.31. The first kappa shape index (κ1) is 16.2. The van der Waals surface area contributed by atoms with Crippen molar-refractivity contribution >= 4 is 40.0 Å². The van der Waals surface area contributed by atoms with Crippen LogP contribution in [-0.4, -0.2) is 16.4 Å². The number of nitrogens with one attached hydrogen (secondary N) is 1. The number of hydrogen-bond acceptors (Lipinski definition) is 2. The Labute approximate surface area is 142 Å². The molecule has 24 heavy (non-hydrogen) atoms. The van der Waals surface area contributed by atoms with Crippen molar-refractivity contribution in [2.75, 3.05) is 5.32 Å². The Hall–Kier alpha value is -2.66. The standard InChI is InChI=1S/C18H14ClFN2O2/c1-10-3-4-12(19)7-16(10)21-18(24)15-9-22(11(2)23)17-8-13(20)5-6-14(15)17/h3-9H,1-2H3,(H,21,24). The summed E-state index contributed by atoms with van der Waals surface area (Å²) in [6.07, 6.45) is 1.42. The maximum Gasteiger partial charge on any atom is 0.257 e. The van der Waals surface area contributed by atoms with Gasteiger partial charge in [0.15, 0.2) is 0 Å². The molecule has 0 saturated heterocycles. The molecule has 122 valence electrons. The highest BCUT2D eigenvalue weighted by Gasteiger charge is 2.18. The average molecular weight is 345 g/mol. The van der Waals surface area contributed by atoms with Crippen molar-refractivity contribution in [3.05, 3.63) is 64.6 Å². The highest BCUT2D eigenvalue weighted by Crippen LogP contribution is 2.25. The van der Waals surface area contributed by atoms with Gasteiger partial charge in [0.2, 0.25) is 5.91 Å². The summed E-state index contributed by atoms with van der Waals surface area (Å²) in [5, 5.41) is 3.79. The number of rotatable bonds is 2. The number of hydrogen-bond donors (Lipinski definition) is 1. The van der Waals surface area contributed by atoms with Crippen LogP contribution in [0.1, 0.15) is 27.6 Å². The van der Waals surface area contributed by atoms with Crippen LogP contribution in [0.4, 0.5) is 10.1 Å². The number of benzene rings is 2. The van der Waals surface area contributed by atoms with Crippen molar-refractivity contribution in [3.63, 3.8) is 0 Å². The van der Waals surface area contributed by atoms with E-state index in [0.29, 0.717) is 27.2 Å². The molecule has 0 atom stereocenters. The monoisotopic (exact) mass is 344 g/mol. The zero-order chi connectivity index (χ0) is 17.4. The van der Waals surface area contributed by atoms with Gasteiger partial charge in [0.05, 0.1) is 11.1 Å². The fourth-order valence-electron chi connectivity index (χ4n) is 2.56. The molecule has 0 radical (unpaired) electrons. The molecule has 0 bridgehead atoms. The fourth-order valence-corrected chi connectivity index (χ4v) is 2.73. The summed E-state index contributed by atoms with van der Waals surface area (Å²) in [4.78, 5) is 24.4. The Kier molecular flexibility index (Phi) is 4.11. The minimum atomic E-state index is -0.472. The van der Waals surface area contributed by atoms with Crippen LogP contribution in [0.5, 0.6) is 0 Å². The van der Waals surface area contributed by atoms with Crippen LogP contribution in [0.3, 0.4) is 0 Å². The van der Waals surface area contributed by atoms with Gasteiger partial charge in [0.25, 0.3) is 5.91 Å². The minimum Gasteiger partial charge on any atom is -0.322 e. The Morgan fingerprint density at radius 2 is 1.92 bits per heavy atom. The number of anilines is 1. The lowest BCUT2D eigenvalue weighted by Crippen LogP contribution is -2.12. The first-order chi connectivity index (χ1) is 11.4. The van der Waals surface area contributed by atoms with E-state index in [0.717, 1.165) is 5.56 Å². The van der Waals surface area contributed by atoms with E-state index in [1.807, 2.05) is 6.92 Å². The summed E-state index contributed by atoms with van der Waals surface area (Å²) in [7, 11) is 0. The lowest BCUT2D eigenvalue weighted by atomic mass is 10.1. The topological polar surface area (TPSA) is 51.1 Å². The van der Waals surface area contributed by atoms with Crippen LogP contribution in [0.2, 0.25) is 5.02 Å². The molecule has 1 N–H and O–H groups in total. The Morgan fingerprint density at radius 1 is 1.17 bits per heavy atom. The number of nitrogens with zero attached hydrogens (tertiary/aromatic N) is 1. The second kappa shape index (κ2) is 6.09. The molecule has 0 unspecified atom stereocenters. The summed E-state index contributed by atoms with van der Waals surface area (Å²) in [5.74, 6) is -1.17. The third kappa shape index (κ3) is 2.90. The van der Waals surface area contributed by atoms with Gasteiger partial charge < -0.3 is 5.32 Å². The van der Waals surface area contributed by atoms with E-state index in [-0.39, 0.29) is 5.91 Å². The van der Waals surface area contributed by atoms with Crippen molar-refractivity contribution in [1.29, 1.82) is 0 Å². The molecule has 4 nitrogen and oxygen atoms in total. The molecular formula is C18H14ClFN2O2. The molecular weight excluding hydrogens is 331 g/mol. The van der Waals surface area contributed by atoms with E-state index in [1.165, 1.54) is 35.9 Å². The zero-order valence-corrected chi connectivity index (χ0v) is 13.8. The summed E-state index contributed by atoms with van der Waals surface area (Å²) < 4.78 is 14.8. The molecule has 1 amide bonds. The van der Waals surface area contributed by atoms with Crippen LogP contribution in [0.25, 0.3) is 10.9 Å². The van der Waals surface area contributed by atoms with Gasteiger partial charge in [0, 0.05) is 29.2 Å². The summed E-state index contributed by atoms with van der Waals surface area (Å²) in [6, 6.07) is 9.16. The van der Waals surface area contributed by atoms with Gasteiger partial charge in [-0.05, 0) is 42.8 Å². The molecule has 0 spiro atoms. The lowest BCUT2D eigenvalue weighted by Gasteiger charge is -2.08. The van der Waals surface area contributed by atoms with Crippen LogP contribution in [0, 0.1) is 12.7 Å². The van der Waals surface area contributed by atoms with Gasteiger partial charge in [-0.1, -0.05) is 17.7 Å². The number of aromatic nitrogens is 1. The van der Waals surface area contributed by atoms with Crippen molar-refractivity contribution in [2.24, 2.45) is 0 Å². The van der Waals surface area contributed by atoms with Gasteiger partial charge in [-0.25, -0.2) is 4.39 Å². The smallest absolute Gasteiger partial charge is 0.257 e. The number of carbonyl (C=O) groups excluding carboxylic acids is 2. The van der Waals surface area contributed by atoms with Crippen molar-refractivity contribution in [3.8, 4) is 0 Å². The second-order valence-corrected chi connectivity index (χ2v) is 5.94. The van der Waals surface area contributed by atoms with E-state index < -0.39 is 11.7 Å². The van der Waals surface area contributed by atoms with Crippen LogP contribution < -0.4 is 5.32 Å². The van der Waals surface area contributed by atoms with E-state index in [4.69, 9.17) is 11.6 Å². The first-order valence-electron chi connectivity index (χ1n) is 7.26. The SMILES string of the molecule is CC(=O)n1cc(C(=O)Nc2cc(Cl)ccc2C)c2ccc(F)cc21. The number of amides is 1. The van der Waals surface area contributed by atoms with Crippen LogP contribution >= 0.6 is 11.6 Å². The number of carbonyl (C=O) groups is 2. The Morgan fingerprint density at radius 3 is 2.62 bits per heavy atom. The summed E-state index contributed by atoms with van der Waals surface area (Å²) in [5.41, 5.74) is 2.09. The van der Waals surface area contributed by atoms with Gasteiger partial charge in [-0.15, -0.1) is 0 Å². The second-order valence-electron chi connectivity index (χ2n) is 5.51. The number of halogens is 2. The minimum absolute atomic E-state index is 0.291. The molecule has 0 aliphatic rings. The first-order valence-corrected chi connectivity index (χ1v) is 7.63. The Balaban J connectivity index is 2.07. The van der Waals surface area contributed by atoms with Gasteiger partial charge in [0.1, 0.15) is 5.82 Å². The van der Waals surface area contributed by atoms with Gasteiger partial charge in [-0.2, -0.15) is 0 Å². The van der Waals surface area contributed by atoms with Crippen LogP contribution in [-0.2, 0) is 0 Å². The van der Waals surface area contributed by atoms with Crippen molar-refractivity contribution < 1.29 is 14.0 Å². The molecule has 0 fully saturated rings. The van der Waals surface area contributed by atoms with Gasteiger partial charge in [-0.3, -0.25) is 14.2 Å². The predicted octanol–water partition coefficient (Wildman–Crippen LogP) is 4.65. The molecule has 1 heterocycles. The van der Waals surface area contributed by atoms with Gasteiger partial charge >= 0.3 is 0 Å². The highest BCUT2D eigenvalue weighted by atomic mass is 35.5. The molecule has 0 aliphatic carbocycles. The third-order valence-corrected chi connectivity index (χ3v) is 4.03. The van der Waals surface area contributed by atoms with Crippen molar-refractivity contribution in [1.82, 2.24) is 4.57 Å². The van der Waals surface area contributed by atoms with E-state index >= 15 is 0 Å². The molecule has 3 aromatic rings. The normalized spacial score (nSPS) is 10.8. The molecule has 2 aromatic carbocycles. The number of aryl methyl sites for hydroxylation is 1. The van der Waals surface area contributed by atoms with Crippen LogP contribution in [0.15, 0.2) is 42.6 Å². The molecule has 6 heteroatoms. The van der Waals surface area contributed by atoms with E-state index in [1.54, 1.807) is 18.2 Å². The summed E-state index contributed by atoms with van der Waals surface area (Å²) >= 11 is 5.96. The molecule has 0 saturated carbocycles. The molecule has 0 aliphatic heterocycles. The summed E-state index contributed by atoms with van der Waals surface area (Å²) in [6.45, 7) is 3.20. The lowest BCUT2D eigenvalue weighted by molar-refractivity contribution is 0.0941. The largest absolute Gasteiger partial charge is 0.322 e. The Bertz CT molecular complexity index is 979. The quantitative estimate of drug-likeness (QED) is 0.735. The maximum atomic E-state index is 13.5. The van der Waals surface area contributed by atoms with E-state index in [9.17, 15) is 14.0 Å². The average Bonchev–Trinajstić information content (AvgIpc) is 2.89. The predicted molar refractivity (Wildman–Crippen MR) is 92.3 cm³/mol. The fraction of sp³-hybridized carbons (Fsp3) is 0.111. The molecule has 3 rings (SSSR count). The van der Waals surface area contributed by atoms with E-state index in [2.05, 4.69) is 5.32 Å². The molecule has 1 aromatic heterocycles. The van der Waals surface area contributed by atoms with Crippen molar-refractivity contribution in [2.45, 2.75) is 13.8 Å². The zero-order valence-electron chi connectivity index (χ0n) is 13.1. The third-order valence-electron chi connectivity index (χ3n) is 3.80. The number of fused-ring (bicyclic) bond motifs is 1. The maximum absolute atomic E-state index is 13.5.